The van der Waals surface area contributed by atoms with Crippen molar-refractivity contribution in [1.82, 2.24) is 5.32 Å². The van der Waals surface area contributed by atoms with Crippen molar-refractivity contribution in [3.8, 4) is 5.75 Å². The van der Waals surface area contributed by atoms with Gasteiger partial charge >= 0.3 is 0 Å². The quantitative estimate of drug-likeness (QED) is 0.779. The average molecular weight is 377 g/mol. The molecule has 0 bridgehead atoms. The van der Waals surface area contributed by atoms with Crippen molar-refractivity contribution in [2.75, 3.05) is 13.1 Å². The molecule has 0 aliphatic carbocycles. The van der Waals surface area contributed by atoms with Crippen LogP contribution in [-0.2, 0) is 4.79 Å². The summed E-state index contributed by atoms with van der Waals surface area (Å²) >= 11 is 3.41. The molecule has 23 heavy (non-hydrogen) atoms. The minimum Gasteiger partial charge on any atom is -0.476 e. The van der Waals surface area contributed by atoms with Gasteiger partial charge in [-0.3, -0.25) is 4.79 Å². The van der Waals surface area contributed by atoms with Gasteiger partial charge in [0.25, 0.3) is 5.91 Å². The summed E-state index contributed by atoms with van der Waals surface area (Å²) < 4.78 is 6.84. The second-order valence-corrected chi connectivity index (χ2v) is 6.37. The molecule has 2 aromatic carbocycles. The van der Waals surface area contributed by atoms with Crippen LogP contribution in [0.1, 0.15) is 18.6 Å². The third-order valence-corrected chi connectivity index (χ3v) is 3.91. The highest BCUT2D eigenvalue weighted by molar-refractivity contribution is 9.10. The van der Waals surface area contributed by atoms with E-state index in [1.165, 1.54) is 0 Å². The second-order valence-electron chi connectivity index (χ2n) is 5.45. The highest BCUT2D eigenvalue weighted by Crippen LogP contribution is 2.25. The lowest BCUT2D eigenvalue weighted by Crippen LogP contribution is -2.36. The van der Waals surface area contributed by atoms with Crippen molar-refractivity contribution in [2.45, 2.75) is 13.0 Å². The first-order valence-corrected chi connectivity index (χ1v) is 8.34. The number of ether oxygens (including phenoxy) is 1. The Balaban J connectivity index is 2.17. The van der Waals surface area contributed by atoms with Crippen LogP contribution in [0.2, 0.25) is 0 Å². The highest BCUT2D eigenvalue weighted by atomic mass is 79.9. The van der Waals surface area contributed by atoms with Gasteiger partial charge in [0.2, 0.25) is 6.10 Å². The van der Waals surface area contributed by atoms with Gasteiger partial charge in [-0.25, -0.2) is 0 Å². The van der Waals surface area contributed by atoms with Gasteiger partial charge in [-0.05, 0) is 30.7 Å². The van der Waals surface area contributed by atoms with Crippen molar-refractivity contribution in [1.29, 1.82) is 0 Å². The molecule has 2 unspecified atom stereocenters. The van der Waals surface area contributed by atoms with Crippen LogP contribution in [0.3, 0.4) is 0 Å². The van der Waals surface area contributed by atoms with Crippen molar-refractivity contribution in [2.24, 2.45) is 11.7 Å². The molecular weight excluding hydrogens is 356 g/mol. The Labute approximate surface area is 145 Å². The fraction of sp³-hybridized carbons (Fsp3) is 0.278. The molecule has 0 fully saturated rings. The SMILES string of the molecule is CC(CN)CNC(=O)C(Oc1cccc(Br)c1)c1ccccc1. The number of benzene rings is 2. The fourth-order valence-electron chi connectivity index (χ4n) is 2.03. The summed E-state index contributed by atoms with van der Waals surface area (Å²) in [4.78, 5) is 12.6. The minimum absolute atomic E-state index is 0.170. The van der Waals surface area contributed by atoms with Crippen LogP contribution >= 0.6 is 15.9 Å². The summed E-state index contributed by atoms with van der Waals surface area (Å²) in [6.45, 7) is 3.05. The molecule has 4 nitrogen and oxygen atoms in total. The maximum absolute atomic E-state index is 12.6. The Bertz CT molecular complexity index is 634. The number of amides is 1. The Hall–Kier alpha value is -1.85. The number of hydrogen-bond acceptors (Lipinski definition) is 3. The van der Waals surface area contributed by atoms with E-state index in [1.54, 1.807) is 0 Å². The van der Waals surface area contributed by atoms with Crippen LogP contribution in [0.5, 0.6) is 5.75 Å². The summed E-state index contributed by atoms with van der Waals surface area (Å²) in [6.07, 6.45) is -0.699. The number of carbonyl (C=O) groups is 1. The van der Waals surface area contributed by atoms with Crippen LogP contribution in [-0.4, -0.2) is 19.0 Å². The topological polar surface area (TPSA) is 64.3 Å². The number of nitrogens with two attached hydrogens (primary N) is 1. The average Bonchev–Trinajstić information content (AvgIpc) is 2.58. The van der Waals surface area contributed by atoms with Crippen LogP contribution in [0, 0.1) is 5.92 Å². The van der Waals surface area contributed by atoms with Gasteiger partial charge < -0.3 is 15.8 Å². The van der Waals surface area contributed by atoms with Gasteiger partial charge in [-0.2, -0.15) is 0 Å². The molecule has 0 aromatic heterocycles. The summed E-state index contributed by atoms with van der Waals surface area (Å²) in [5.74, 6) is 0.688. The molecule has 0 aliphatic rings. The van der Waals surface area contributed by atoms with E-state index in [0.717, 1.165) is 10.0 Å². The first-order chi connectivity index (χ1) is 11.1. The molecule has 3 N–H and O–H groups in total. The van der Waals surface area contributed by atoms with E-state index in [-0.39, 0.29) is 11.8 Å². The molecule has 0 spiro atoms. The summed E-state index contributed by atoms with van der Waals surface area (Å²) in [5.41, 5.74) is 6.41. The van der Waals surface area contributed by atoms with Gasteiger partial charge in [0, 0.05) is 16.6 Å². The normalized spacial score (nSPS) is 13.2. The van der Waals surface area contributed by atoms with Crippen molar-refractivity contribution in [3.05, 3.63) is 64.6 Å². The first-order valence-electron chi connectivity index (χ1n) is 7.55. The monoisotopic (exact) mass is 376 g/mol. The van der Waals surface area contributed by atoms with Gasteiger partial charge in [-0.1, -0.05) is 59.3 Å². The van der Waals surface area contributed by atoms with Crippen LogP contribution in [0.4, 0.5) is 0 Å². The van der Waals surface area contributed by atoms with E-state index in [2.05, 4.69) is 21.2 Å². The molecule has 122 valence electrons. The lowest BCUT2D eigenvalue weighted by Gasteiger charge is -2.20. The molecule has 2 rings (SSSR count). The third-order valence-electron chi connectivity index (χ3n) is 3.42. The third kappa shape index (κ3) is 5.37. The first kappa shape index (κ1) is 17.5. The second kappa shape index (κ2) is 8.70. The lowest BCUT2D eigenvalue weighted by atomic mass is 10.1. The van der Waals surface area contributed by atoms with Gasteiger partial charge in [-0.15, -0.1) is 0 Å². The minimum atomic E-state index is -0.699. The van der Waals surface area contributed by atoms with Crippen molar-refractivity contribution >= 4 is 21.8 Å². The fourth-order valence-corrected chi connectivity index (χ4v) is 2.41. The smallest absolute Gasteiger partial charge is 0.265 e. The Morgan fingerprint density at radius 2 is 1.96 bits per heavy atom. The molecule has 0 saturated heterocycles. The predicted molar refractivity (Wildman–Crippen MR) is 95.2 cm³/mol. The molecule has 0 radical (unpaired) electrons. The maximum atomic E-state index is 12.6. The maximum Gasteiger partial charge on any atom is 0.265 e. The van der Waals surface area contributed by atoms with Crippen LogP contribution < -0.4 is 15.8 Å². The van der Waals surface area contributed by atoms with E-state index in [1.807, 2.05) is 61.5 Å². The molecular formula is C18H21BrN2O2. The zero-order valence-corrected chi connectivity index (χ0v) is 14.6. The summed E-state index contributed by atoms with van der Waals surface area (Å²) in [6, 6.07) is 16.9. The number of hydrogen-bond donors (Lipinski definition) is 2. The molecule has 0 aliphatic heterocycles. The van der Waals surface area contributed by atoms with E-state index in [0.29, 0.717) is 18.8 Å². The largest absolute Gasteiger partial charge is 0.476 e. The highest BCUT2D eigenvalue weighted by Gasteiger charge is 2.22. The molecule has 2 aromatic rings. The van der Waals surface area contributed by atoms with Crippen molar-refractivity contribution in [3.63, 3.8) is 0 Å². The van der Waals surface area contributed by atoms with Crippen molar-refractivity contribution < 1.29 is 9.53 Å². The predicted octanol–water partition coefficient (Wildman–Crippen LogP) is 3.28. The van der Waals surface area contributed by atoms with Gasteiger partial charge in [0.1, 0.15) is 5.75 Å². The van der Waals surface area contributed by atoms with E-state index in [4.69, 9.17) is 10.5 Å². The van der Waals surface area contributed by atoms with E-state index >= 15 is 0 Å². The molecule has 0 saturated carbocycles. The molecule has 0 heterocycles. The zero-order chi connectivity index (χ0) is 16.7. The Kier molecular flexibility index (Phi) is 6.62. The van der Waals surface area contributed by atoms with Gasteiger partial charge in [0.15, 0.2) is 0 Å². The number of carbonyl (C=O) groups excluding carboxylic acids is 1. The number of halogens is 1. The van der Waals surface area contributed by atoms with Crippen LogP contribution in [0.25, 0.3) is 0 Å². The summed E-state index contributed by atoms with van der Waals surface area (Å²) in [5, 5.41) is 2.91. The molecule has 1 amide bonds. The van der Waals surface area contributed by atoms with E-state index in [9.17, 15) is 4.79 Å². The van der Waals surface area contributed by atoms with Crippen LogP contribution in [0.15, 0.2) is 59.1 Å². The Morgan fingerprint density at radius 3 is 2.61 bits per heavy atom. The summed E-state index contributed by atoms with van der Waals surface area (Å²) in [7, 11) is 0. The van der Waals surface area contributed by atoms with E-state index < -0.39 is 6.10 Å². The molecule has 2 atom stereocenters. The number of nitrogens with one attached hydrogen (secondary N) is 1. The lowest BCUT2D eigenvalue weighted by molar-refractivity contribution is -0.128. The zero-order valence-electron chi connectivity index (χ0n) is 13.0. The number of rotatable bonds is 7. The van der Waals surface area contributed by atoms with Gasteiger partial charge in [0.05, 0.1) is 0 Å². The standard InChI is InChI=1S/C18H21BrN2O2/c1-13(11-20)12-21-18(22)17(14-6-3-2-4-7-14)23-16-9-5-8-15(19)10-16/h2-10,13,17H,11-12,20H2,1H3,(H,21,22). The Morgan fingerprint density at radius 1 is 1.22 bits per heavy atom. The molecule has 5 heteroatoms.